The molecule has 98 valence electrons. The van der Waals surface area contributed by atoms with E-state index in [-0.39, 0.29) is 0 Å². The van der Waals surface area contributed by atoms with Crippen molar-refractivity contribution in [1.29, 1.82) is 0 Å². The summed E-state index contributed by atoms with van der Waals surface area (Å²) in [7, 11) is 0. The lowest BCUT2D eigenvalue weighted by molar-refractivity contribution is 0.360. The van der Waals surface area contributed by atoms with Gasteiger partial charge in [-0.3, -0.25) is 0 Å². The molecule has 0 atom stereocenters. The lowest BCUT2D eigenvalue weighted by atomic mass is 9.96. The Morgan fingerprint density at radius 1 is 1.24 bits per heavy atom. The maximum Gasteiger partial charge on any atom is 0.140 e. The molecule has 1 N–H and O–H groups in total. The summed E-state index contributed by atoms with van der Waals surface area (Å²) in [6.07, 6.45) is 2.13. The van der Waals surface area contributed by atoms with Gasteiger partial charge in [0.1, 0.15) is 11.5 Å². The Bertz CT molecular complexity index is 329. The van der Waals surface area contributed by atoms with E-state index in [1.54, 1.807) is 0 Å². The van der Waals surface area contributed by atoms with Crippen LogP contribution in [0.4, 0.5) is 0 Å². The Morgan fingerprint density at radius 3 is 2.47 bits per heavy atom. The minimum atomic E-state index is 0.480. The summed E-state index contributed by atoms with van der Waals surface area (Å²) in [5.74, 6) is 2.16. The lowest BCUT2D eigenvalue weighted by Crippen LogP contribution is -2.15. The van der Waals surface area contributed by atoms with Crippen LogP contribution in [0.15, 0.2) is 4.52 Å². The van der Waals surface area contributed by atoms with Crippen LogP contribution in [0.3, 0.4) is 0 Å². The van der Waals surface area contributed by atoms with Gasteiger partial charge < -0.3 is 9.84 Å². The molecule has 0 saturated heterocycles. The Labute approximate surface area is 105 Å². The minimum Gasteiger partial charge on any atom is -0.361 e. The molecule has 0 aromatic carbocycles. The molecule has 1 aromatic heterocycles. The second kappa shape index (κ2) is 6.80. The summed E-state index contributed by atoms with van der Waals surface area (Å²) >= 11 is 0. The van der Waals surface area contributed by atoms with Crippen LogP contribution < -0.4 is 5.32 Å². The van der Waals surface area contributed by atoms with Gasteiger partial charge in [0, 0.05) is 18.5 Å². The molecule has 0 radical (unpaired) electrons. The number of aromatic nitrogens is 1. The number of rotatable bonds is 7. The molecule has 3 nitrogen and oxygen atoms in total. The first kappa shape index (κ1) is 14.2. The Hall–Kier alpha value is -0.830. The molecule has 0 bridgehead atoms. The van der Waals surface area contributed by atoms with Crippen LogP contribution in [0.1, 0.15) is 64.0 Å². The highest BCUT2D eigenvalue weighted by molar-refractivity contribution is 5.26. The predicted octanol–water partition coefficient (Wildman–Crippen LogP) is 3.50. The van der Waals surface area contributed by atoms with Crippen molar-refractivity contribution in [3.05, 3.63) is 17.0 Å². The zero-order chi connectivity index (χ0) is 12.8. The van der Waals surface area contributed by atoms with Crippen molar-refractivity contribution < 1.29 is 4.52 Å². The molecule has 0 amide bonds. The molecular formula is C14H26N2O. The van der Waals surface area contributed by atoms with Gasteiger partial charge in [-0.05, 0) is 24.8 Å². The zero-order valence-electron chi connectivity index (χ0n) is 11.8. The van der Waals surface area contributed by atoms with Crippen molar-refractivity contribution >= 4 is 0 Å². The summed E-state index contributed by atoms with van der Waals surface area (Å²) in [6.45, 7) is 12.9. The molecule has 1 rings (SSSR count). The standard InChI is InChI=1S/C14H26N2O/c1-6-7-15-9-12-14(11(4)5)13(17-16-12)8-10(2)3/h10-11,15H,6-9H2,1-5H3. The van der Waals surface area contributed by atoms with E-state index in [4.69, 9.17) is 4.52 Å². The molecule has 0 saturated carbocycles. The van der Waals surface area contributed by atoms with Crippen LogP contribution in [-0.4, -0.2) is 11.7 Å². The lowest BCUT2D eigenvalue weighted by Gasteiger charge is -2.09. The summed E-state index contributed by atoms with van der Waals surface area (Å²) < 4.78 is 5.51. The van der Waals surface area contributed by atoms with Crippen LogP contribution in [0.25, 0.3) is 0 Å². The highest BCUT2D eigenvalue weighted by atomic mass is 16.5. The molecule has 1 aromatic rings. The predicted molar refractivity (Wildman–Crippen MR) is 71.1 cm³/mol. The average Bonchev–Trinajstić information content (AvgIpc) is 2.60. The molecule has 0 spiro atoms. The van der Waals surface area contributed by atoms with Crippen LogP contribution in [0.2, 0.25) is 0 Å². The van der Waals surface area contributed by atoms with E-state index in [0.717, 1.165) is 37.4 Å². The quantitative estimate of drug-likeness (QED) is 0.739. The molecule has 0 aliphatic heterocycles. The second-order valence-corrected chi connectivity index (χ2v) is 5.40. The summed E-state index contributed by atoms with van der Waals surface area (Å²) in [5, 5.41) is 7.62. The van der Waals surface area contributed by atoms with Gasteiger partial charge in [-0.1, -0.05) is 39.8 Å². The fraction of sp³-hybridized carbons (Fsp3) is 0.786. The average molecular weight is 238 g/mol. The van der Waals surface area contributed by atoms with Crippen molar-refractivity contribution in [3.63, 3.8) is 0 Å². The summed E-state index contributed by atoms with van der Waals surface area (Å²) in [5.41, 5.74) is 2.39. The second-order valence-electron chi connectivity index (χ2n) is 5.40. The van der Waals surface area contributed by atoms with Gasteiger partial charge in [-0.2, -0.15) is 0 Å². The van der Waals surface area contributed by atoms with Crippen molar-refractivity contribution in [2.75, 3.05) is 6.54 Å². The van der Waals surface area contributed by atoms with E-state index in [0.29, 0.717) is 11.8 Å². The van der Waals surface area contributed by atoms with Gasteiger partial charge in [0.05, 0.1) is 0 Å². The first-order valence-corrected chi connectivity index (χ1v) is 6.74. The minimum absolute atomic E-state index is 0.480. The van der Waals surface area contributed by atoms with Crippen LogP contribution in [0, 0.1) is 5.92 Å². The third kappa shape index (κ3) is 4.15. The highest BCUT2D eigenvalue weighted by Crippen LogP contribution is 2.25. The smallest absolute Gasteiger partial charge is 0.140 e. The van der Waals surface area contributed by atoms with E-state index in [2.05, 4.69) is 45.1 Å². The number of nitrogens with one attached hydrogen (secondary N) is 1. The molecule has 0 aliphatic carbocycles. The summed E-state index contributed by atoms with van der Waals surface area (Å²) in [4.78, 5) is 0. The molecule has 0 fully saturated rings. The van der Waals surface area contributed by atoms with Crippen LogP contribution in [0.5, 0.6) is 0 Å². The van der Waals surface area contributed by atoms with Gasteiger partial charge in [0.25, 0.3) is 0 Å². The largest absolute Gasteiger partial charge is 0.361 e. The normalized spacial score (nSPS) is 11.7. The molecule has 1 heterocycles. The fourth-order valence-corrected chi connectivity index (χ4v) is 2.05. The fourth-order valence-electron chi connectivity index (χ4n) is 2.05. The van der Waals surface area contributed by atoms with E-state index in [9.17, 15) is 0 Å². The Kier molecular flexibility index (Phi) is 5.69. The van der Waals surface area contributed by atoms with Gasteiger partial charge in [0.2, 0.25) is 0 Å². The first-order valence-electron chi connectivity index (χ1n) is 6.74. The molecular weight excluding hydrogens is 212 g/mol. The van der Waals surface area contributed by atoms with E-state index in [1.807, 2.05) is 0 Å². The van der Waals surface area contributed by atoms with Crippen LogP contribution >= 0.6 is 0 Å². The first-order chi connectivity index (χ1) is 8.06. The molecule has 0 unspecified atom stereocenters. The SMILES string of the molecule is CCCNCc1noc(CC(C)C)c1C(C)C. The maximum absolute atomic E-state index is 5.51. The number of hydrogen-bond acceptors (Lipinski definition) is 3. The topological polar surface area (TPSA) is 38.1 Å². The Morgan fingerprint density at radius 2 is 1.94 bits per heavy atom. The Balaban J connectivity index is 2.79. The van der Waals surface area contributed by atoms with Gasteiger partial charge in [-0.25, -0.2) is 0 Å². The number of hydrogen-bond donors (Lipinski definition) is 1. The van der Waals surface area contributed by atoms with Gasteiger partial charge >= 0.3 is 0 Å². The summed E-state index contributed by atoms with van der Waals surface area (Å²) in [6, 6.07) is 0. The third-order valence-electron chi connectivity index (χ3n) is 2.77. The van der Waals surface area contributed by atoms with Crippen molar-refractivity contribution in [3.8, 4) is 0 Å². The van der Waals surface area contributed by atoms with Crippen LogP contribution in [-0.2, 0) is 13.0 Å². The highest BCUT2D eigenvalue weighted by Gasteiger charge is 2.19. The molecule has 0 aliphatic rings. The third-order valence-corrected chi connectivity index (χ3v) is 2.77. The zero-order valence-corrected chi connectivity index (χ0v) is 11.8. The van der Waals surface area contributed by atoms with E-state index >= 15 is 0 Å². The van der Waals surface area contributed by atoms with E-state index < -0.39 is 0 Å². The van der Waals surface area contributed by atoms with Gasteiger partial charge in [-0.15, -0.1) is 0 Å². The number of nitrogens with zero attached hydrogens (tertiary/aromatic N) is 1. The van der Waals surface area contributed by atoms with Crippen molar-refractivity contribution in [2.24, 2.45) is 5.92 Å². The maximum atomic E-state index is 5.51. The van der Waals surface area contributed by atoms with Crippen molar-refractivity contribution in [1.82, 2.24) is 10.5 Å². The van der Waals surface area contributed by atoms with E-state index in [1.165, 1.54) is 5.56 Å². The monoisotopic (exact) mass is 238 g/mol. The molecule has 17 heavy (non-hydrogen) atoms. The van der Waals surface area contributed by atoms with Crippen molar-refractivity contribution in [2.45, 2.75) is 59.9 Å². The molecule has 3 heteroatoms. The van der Waals surface area contributed by atoms with Gasteiger partial charge in [0.15, 0.2) is 0 Å².